The highest BCUT2D eigenvalue weighted by Gasteiger charge is 2.48. The van der Waals surface area contributed by atoms with Gasteiger partial charge in [0, 0.05) is 18.1 Å². The van der Waals surface area contributed by atoms with E-state index in [0.717, 1.165) is 19.4 Å². The molecule has 0 bridgehead atoms. The lowest BCUT2D eigenvalue weighted by Gasteiger charge is -2.51. The summed E-state index contributed by atoms with van der Waals surface area (Å²) in [4.78, 5) is 0. The molecular formula is C9H19NO. The second kappa shape index (κ2) is 3.11. The minimum absolute atomic E-state index is 0.246. The molecular weight excluding hydrogens is 138 g/mol. The van der Waals surface area contributed by atoms with Crippen LogP contribution in [0.1, 0.15) is 33.6 Å². The molecule has 66 valence electrons. The average molecular weight is 157 g/mol. The van der Waals surface area contributed by atoms with Gasteiger partial charge in [0.25, 0.3) is 0 Å². The Morgan fingerprint density at radius 2 is 2.18 bits per heavy atom. The molecule has 0 amide bonds. The number of ether oxygens (including phenoxy) is 1. The fraction of sp³-hybridized carbons (Fsp3) is 1.00. The normalized spacial score (nSPS) is 43.6. The predicted molar refractivity (Wildman–Crippen MR) is 46.4 cm³/mol. The third-order valence-electron chi connectivity index (χ3n) is 3.18. The van der Waals surface area contributed by atoms with Gasteiger partial charge in [0.1, 0.15) is 0 Å². The van der Waals surface area contributed by atoms with Crippen molar-refractivity contribution >= 4 is 0 Å². The Kier molecular flexibility index (Phi) is 2.55. The van der Waals surface area contributed by atoms with Gasteiger partial charge in [-0.15, -0.1) is 0 Å². The van der Waals surface area contributed by atoms with E-state index in [1.165, 1.54) is 0 Å². The molecule has 2 heteroatoms. The number of rotatable bonds is 3. The van der Waals surface area contributed by atoms with Gasteiger partial charge in [-0.05, 0) is 19.8 Å². The molecule has 1 aliphatic carbocycles. The molecule has 11 heavy (non-hydrogen) atoms. The third-order valence-corrected chi connectivity index (χ3v) is 3.18. The highest BCUT2D eigenvalue weighted by atomic mass is 16.5. The Balaban J connectivity index is 2.47. The van der Waals surface area contributed by atoms with Gasteiger partial charge in [-0.3, -0.25) is 0 Å². The maximum absolute atomic E-state index is 5.91. The largest absolute Gasteiger partial charge is 0.378 e. The Morgan fingerprint density at radius 1 is 1.55 bits per heavy atom. The second-order valence-corrected chi connectivity index (χ2v) is 3.65. The van der Waals surface area contributed by atoms with E-state index in [4.69, 9.17) is 10.5 Å². The number of hydrogen-bond acceptors (Lipinski definition) is 2. The topological polar surface area (TPSA) is 35.2 Å². The minimum atomic E-state index is 0.246. The smallest absolute Gasteiger partial charge is 0.0658 e. The lowest BCUT2D eigenvalue weighted by atomic mass is 9.62. The van der Waals surface area contributed by atoms with Crippen molar-refractivity contribution in [2.75, 3.05) is 6.61 Å². The van der Waals surface area contributed by atoms with Crippen LogP contribution in [0.5, 0.6) is 0 Å². The summed E-state index contributed by atoms with van der Waals surface area (Å²) in [5.41, 5.74) is 6.15. The van der Waals surface area contributed by atoms with Crippen molar-refractivity contribution in [3.63, 3.8) is 0 Å². The van der Waals surface area contributed by atoms with Crippen LogP contribution in [0.15, 0.2) is 0 Å². The van der Waals surface area contributed by atoms with E-state index in [2.05, 4.69) is 13.8 Å². The Bertz CT molecular complexity index is 136. The SMILES string of the molecule is CCOC1CC(N)C1(C)CC. The molecule has 0 aromatic rings. The summed E-state index contributed by atoms with van der Waals surface area (Å²) in [7, 11) is 0. The number of hydrogen-bond donors (Lipinski definition) is 1. The Labute approximate surface area is 69.1 Å². The zero-order valence-corrected chi connectivity index (χ0v) is 7.76. The molecule has 0 aliphatic heterocycles. The van der Waals surface area contributed by atoms with Gasteiger partial charge in [-0.2, -0.15) is 0 Å². The van der Waals surface area contributed by atoms with Crippen molar-refractivity contribution in [3.05, 3.63) is 0 Å². The first-order valence-corrected chi connectivity index (χ1v) is 4.52. The van der Waals surface area contributed by atoms with Gasteiger partial charge in [0.2, 0.25) is 0 Å². The van der Waals surface area contributed by atoms with Crippen molar-refractivity contribution in [1.29, 1.82) is 0 Å². The number of nitrogens with two attached hydrogens (primary N) is 1. The quantitative estimate of drug-likeness (QED) is 0.674. The van der Waals surface area contributed by atoms with Gasteiger partial charge >= 0.3 is 0 Å². The highest BCUT2D eigenvalue weighted by Crippen LogP contribution is 2.44. The van der Waals surface area contributed by atoms with Crippen LogP contribution in [0, 0.1) is 5.41 Å². The first-order chi connectivity index (χ1) is 5.15. The minimum Gasteiger partial charge on any atom is -0.378 e. The van der Waals surface area contributed by atoms with Crippen LogP contribution in [0.4, 0.5) is 0 Å². The maximum atomic E-state index is 5.91. The molecule has 3 unspecified atom stereocenters. The van der Waals surface area contributed by atoms with Crippen molar-refractivity contribution in [3.8, 4) is 0 Å². The summed E-state index contributed by atoms with van der Waals surface area (Å²) in [5.74, 6) is 0. The van der Waals surface area contributed by atoms with Crippen LogP contribution < -0.4 is 5.73 Å². The summed E-state index contributed by atoms with van der Waals surface area (Å²) in [6.07, 6.45) is 2.57. The van der Waals surface area contributed by atoms with Gasteiger partial charge in [0.15, 0.2) is 0 Å². The molecule has 1 aliphatic rings. The molecule has 1 fully saturated rings. The van der Waals surface area contributed by atoms with Gasteiger partial charge < -0.3 is 10.5 Å². The molecule has 0 saturated heterocycles. The average Bonchev–Trinajstić information content (AvgIpc) is 2.03. The summed E-state index contributed by atoms with van der Waals surface area (Å²) in [5, 5.41) is 0. The molecule has 1 rings (SSSR count). The highest BCUT2D eigenvalue weighted by molar-refractivity contribution is 5.02. The summed E-state index contributed by atoms with van der Waals surface area (Å²) in [6, 6.07) is 0.351. The van der Waals surface area contributed by atoms with E-state index >= 15 is 0 Å². The summed E-state index contributed by atoms with van der Waals surface area (Å²) >= 11 is 0. The van der Waals surface area contributed by atoms with Crippen LogP contribution in [0.3, 0.4) is 0 Å². The first-order valence-electron chi connectivity index (χ1n) is 4.52. The zero-order valence-electron chi connectivity index (χ0n) is 7.76. The van der Waals surface area contributed by atoms with Crippen molar-refractivity contribution in [1.82, 2.24) is 0 Å². The van der Waals surface area contributed by atoms with Crippen LogP contribution >= 0.6 is 0 Å². The molecule has 0 radical (unpaired) electrons. The van der Waals surface area contributed by atoms with Crippen LogP contribution in [0.2, 0.25) is 0 Å². The van der Waals surface area contributed by atoms with E-state index < -0.39 is 0 Å². The van der Waals surface area contributed by atoms with E-state index in [-0.39, 0.29) is 5.41 Å². The van der Waals surface area contributed by atoms with E-state index in [1.54, 1.807) is 0 Å². The molecule has 3 atom stereocenters. The third kappa shape index (κ3) is 1.30. The Hall–Kier alpha value is -0.0800. The molecule has 0 aromatic carbocycles. The van der Waals surface area contributed by atoms with Crippen LogP contribution in [-0.4, -0.2) is 18.8 Å². The standard InChI is InChI=1S/C9H19NO/c1-4-9(3)7(10)6-8(9)11-5-2/h7-8H,4-6,10H2,1-3H3. The van der Waals surface area contributed by atoms with E-state index in [0.29, 0.717) is 12.1 Å². The molecule has 1 saturated carbocycles. The van der Waals surface area contributed by atoms with Gasteiger partial charge in [-0.25, -0.2) is 0 Å². The Morgan fingerprint density at radius 3 is 2.55 bits per heavy atom. The first kappa shape index (κ1) is 9.01. The molecule has 0 spiro atoms. The summed E-state index contributed by atoms with van der Waals surface area (Å²) in [6.45, 7) is 7.26. The van der Waals surface area contributed by atoms with E-state index in [1.807, 2.05) is 6.92 Å². The van der Waals surface area contributed by atoms with Crippen molar-refractivity contribution in [2.24, 2.45) is 11.1 Å². The monoisotopic (exact) mass is 157 g/mol. The van der Waals surface area contributed by atoms with Crippen LogP contribution in [-0.2, 0) is 4.74 Å². The van der Waals surface area contributed by atoms with E-state index in [9.17, 15) is 0 Å². The molecule has 0 aromatic heterocycles. The second-order valence-electron chi connectivity index (χ2n) is 3.65. The lowest BCUT2D eigenvalue weighted by molar-refractivity contribution is -0.115. The lowest BCUT2D eigenvalue weighted by Crippen LogP contribution is -2.60. The zero-order chi connectivity index (χ0) is 8.48. The van der Waals surface area contributed by atoms with Crippen LogP contribution in [0.25, 0.3) is 0 Å². The fourth-order valence-corrected chi connectivity index (χ4v) is 1.80. The van der Waals surface area contributed by atoms with Gasteiger partial charge in [-0.1, -0.05) is 13.8 Å². The fourth-order valence-electron chi connectivity index (χ4n) is 1.80. The molecule has 2 nitrogen and oxygen atoms in total. The summed E-state index contributed by atoms with van der Waals surface area (Å²) < 4.78 is 5.57. The van der Waals surface area contributed by atoms with Crippen molar-refractivity contribution in [2.45, 2.75) is 45.8 Å². The van der Waals surface area contributed by atoms with Crippen molar-refractivity contribution < 1.29 is 4.74 Å². The molecule has 0 heterocycles. The molecule has 2 N–H and O–H groups in total. The van der Waals surface area contributed by atoms with Gasteiger partial charge in [0.05, 0.1) is 6.10 Å². The predicted octanol–water partition coefficient (Wildman–Crippen LogP) is 1.54. The maximum Gasteiger partial charge on any atom is 0.0658 e.